The van der Waals surface area contributed by atoms with Crippen molar-refractivity contribution in [2.45, 2.75) is 19.5 Å². The monoisotopic (exact) mass is 325 g/mol. The summed E-state index contributed by atoms with van der Waals surface area (Å²) in [4.78, 5) is 16.7. The van der Waals surface area contributed by atoms with E-state index in [1.165, 1.54) is 16.6 Å². The molecule has 0 fully saturated rings. The molecule has 0 radical (unpaired) electrons. The van der Waals surface area contributed by atoms with E-state index in [1.54, 1.807) is 6.07 Å². The second-order valence-electron chi connectivity index (χ2n) is 5.45. The van der Waals surface area contributed by atoms with Crippen molar-refractivity contribution >= 4 is 5.91 Å². The molecule has 0 saturated heterocycles. The number of amides is 1. The summed E-state index contributed by atoms with van der Waals surface area (Å²) < 4.78 is 1.37. The zero-order chi connectivity index (χ0) is 16.4. The van der Waals surface area contributed by atoms with Gasteiger partial charge in [0.1, 0.15) is 12.0 Å². The number of rotatable bonds is 4. The molecule has 0 spiro atoms. The van der Waals surface area contributed by atoms with Gasteiger partial charge in [0, 0.05) is 44.0 Å². The van der Waals surface area contributed by atoms with Crippen molar-refractivity contribution in [2.75, 3.05) is 6.54 Å². The maximum atomic E-state index is 12.2. The molecule has 1 aliphatic rings. The van der Waals surface area contributed by atoms with Crippen molar-refractivity contribution in [1.29, 1.82) is 0 Å². The first-order valence-corrected chi connectivity index (χ1v) is 7.54. The van der Waals surface area contributed by atoms with Crippen LogP contribution in [0.25, 0.3) is 5.82 Å². The van der Waals surface area contributed by atoms with Gasteiger partial charge < -0.3 is 10.6 Å². The third kappa shape index (κ3) is 2.86. The first-order valence-electron chi connectivity index (χ1n) is 7.54. The summed E-state index contributed by atoms with van der Waals surface area (Å²) in [6.45, 7) is 2.18. The van der Waals surface area contributed by atoms with Crippen molar-refractivity contribution < 1.29 is 4.79 Å². The third-order valence-corrected chi connectivity index (χ3v) is 3.82. The molecule has 0 bridgehead atoms. The first-order chi connectivity index (χ1) is 11.8. The molecular weight excluding hydrogens is 310 g/mol. The van der Waals surface area contributed by atoms with Crippen LogP contribution >= 0.6 is 0 Å². The zero-order valence-corrected chi connectivity index (χ0v) is 12.7. The molecule has 1 amide bonds. The van der Waals surface area contributed by atoms with E-state index in [0.29, 0.717) is 18.1 Å². The highest BCUT2D eigenvalue weighted by molar-refractivity contribution is 5.92. The molecule has 122 valence electrons. The molecule has 4 rings (SSSR count). The lowest BCUT2D eigenvalue weighted by Crippen LogP contribution is -2.26. The van der Waals surface area contributed by atoms with Crippen LogP contribution in [0.5, 0.6) is 0 Å². The fourth-order valence-corrected chi connectivity index (χ4v) is 2.58. The summed E-state index contributed by atoms with van der Waals surface area (Å²) in [5.74, 6) is 0.198. The Bertz CT molecular complexity index is 855. The number of pyridine rings is 1. The van der Waals surface area contributed by atoms with Crippen molar-refractivity contribution in [3.63, 3.8) is 0 Å². The van der Waals surface area contributed by atoms with Crippen LogP contribution < -0.4 is 10.6 Å². The maximum absolute atomic E-state index is 12.2. The molecule has 0 aromatic carbocycles. The number of hydrogen-bond donors (Lipinski definition) is 3. The second kappa shape index (κ2) is 6.16. The van der Waals surface area contributed by atoms with Crippen LogP contribution in [0.2, 0.25) is 0 Å². The van der Waals surface area contributed by atoms with Crippen LogP contribution in [0.1, 0.15) is 27.3 Å². The van der Waals surface area contributed by atoms with E-state index in [1.807, 2.05) is 6.20 Å². The molecule has 3 N–H and O–H groups in total. The lowest BCUT2D eigenvalue weighted by atomic mass is 10.1. The topological polar surface area (TPSA) is 126 Å². The molecule has 10 nitrogen and oxygen atoms in total. The lowest BCUT2D eigenvalue weighted by Gasteiger charge is -2.16. The average molecular weight is 325 g/mol. The summed E-state index contributed by atoms with van der Waals surface area (Å²) in [5, 5.41) is 23.6. The highest BCUT2D eigenvalue weighted by atomic mass is 16.1. The number of hydrogen-bond acceptors (Lipinski definition) is 7. The smallest absolute Gasteiger partial charge is 0.269 e. The number of nitrogens with one attached hydrogen (secondary N) is 3. The Morgan fingerprint density at radius 2 is 2.33 bits per heavy atom. The largest absolute Gasteiger partial charge is 0.347 e. The molecule has 10 heteroatoms. The van der Waals surface area contributed by atoms with E-state index >= 15 is 0 Å². The predicted molar refractivity (Wildman–Crippen MR) is 82.1 cm³/mol. The summed E-state index contributed by atoms with van der Waals surface area (Å²) in [7, 11) is 0. The highest BCUT2D eigenvalue weighted by Crippen LogP contribution is 2.13. The van der Waals surface area contributed by atoms with Gasteiger partial charge in [0.15, 0.2) is 5.82 Å². The molecule has 0 unspecified atom stereocenters. The molecule has 24 heavy (non-hydrogen) atoms. The number of aromatic amines is 1. The minimum atomic E-state index is -0.252. The van der Waals surface area contributed by atoms with E-state index in [2.05, 4.69) is 47.4 Å². The fourth-order valence-electron chi connectivity index (χ4n) is 2.58. The van der Waals surface area contributed by atoms with Gasteiger partial charge in [0.2, 0.25) is 0 Å². The van der Waals surface area contributed by atoms with Crippen molar-refractivity contribution in [2.24, 2.45) is 0 Å². The van der Waals surface area contributed by atoms with Crippen molar-refractivity contribution in [3.8, 4) is 5.82 Å². The molecule has 0 atom stereocenters. The van der Waals surface area contributed by atoms with E-state index in [0.717, 1.165) is 30.8 Å². The average Bonchev–Trinajstić information content (AvgIpc) is 3.30. The van der Waals surface area contributed by atoms with Gasteiger partial charge in [-0.05, 0) is 27.6 Å². The van der Waals surface area contributed by atoms with Crippen molar-refractivity contribution in [3.05, 3.63) is 47.2 Å². The molecule has 3 aromatic rings. The zero-order valence-electron chi connectivity index (χ0n) is 12.7. The number of tetrazole rings is 1. The fraction of sp³-hybridized carbons (Fsp3) is 0.286. The maximum Gasteiger partial charge on any atom is 0.269 e. The predicted octanol–water partition coefficient (Wildman–Crippen LogP) is -0.644. The normalized spacial score (nSPS) is 13.5. The summed E-state index contributed by atoms with van der Waals surface area (Å²) in [6.07, 6.45) is 4.16. The molecule has 1 aliphatic heterocycles. The molecule has 3 aromatic heterocycles. The second-order valence-corrected chi connectivity index (χ2v) is 5.45. The number of fused-ring (bicyclic) bond motifs is 1. The van der Waals surface area contributed by atoms with Gasteiger partial charge >= 0.3 is 0 Å². The molecule has 0 saturated carbocycles. The Hall–Kier alpha value is -3.14. The minimum Gasteiger partial charge on any atom is -0.347 e. The number of carbonyl (C=O) groups excluding carboxylic acids is 1. The third-order valence-electron chi connectivity index (χ3n) is 3.82. The standard InChI is InChI=1S/C14H15N9O/c24-14(12-4-13(20-19-12)23-8-18-21-22-23)17-6-9-3-10-7-15-2-1-11(10)16-5-9/h3-5,8,15H,1-2,6-7H2,(H,17,24)(H,19,20). The van der Waals surface area contributed by atoms with Crippen LogP contribution in [-0.4, -0.2) is 47.8 Å². The number of nitrogens with zero attached hydrogens (tertiary/aromatic N) is 6. The van der Waals surface area contributed by atoms with Gasteiger partial charge in [0.05, 0.1) is 0 Å². The van der Waals surface area contributed by atoms with E-state index in [9.17, 15) is 4.79 Å². The number of aromatic nitrogens is 7. The quantitative estimate of drug-likeness (QED) is 0.582. The molecule has 4 heterocycles. The van der Waals surface area contributed by atoms with Gasteiger partial charge in [-0.15, -0.1) is 5.10 Å². The minimum absolute atomic E-state index is 0.252. The molecular formula is C14H15N9O. The SMILES string of the molecule is O=C(NCc1cnc2c(c1)CNCC2)c1cc(-n2cnnn2)n[nH]1. The first kappa shape index (κ1) is 14.5. The summed E-state index contributed by atoms with van der Waals surface area (Å²) >= 11 is 0. The Morgan fingerprint density at radius 1 is 1.38 bits per heavy atom. The van der Waals surface area contributed by atoms with Crippen LogP contribution in [-0.2, 0) is 19.5 Å². The van der Waals surface area contributed by atoms with Gasteiger partial charge in [-0.1, -0.05) is 0 Å². The Kier molecular flexibility index (Phi) is 3.71. The Morgan fingerprint density at radius 3 is 3.21 bits per heavy atom. The Labute approximate surface area is 136 Å². The highest BCUT2D eigenvalue weighted by Gasteiger charge is 2.13. The van der Waals surface area contributed by atoms with Crippen LogP contribution in [0.15, 0.2) is 24.7 Å². The van der Waals surface area contributed by atoms with E-state index in [-0.39, 0.29) is 5.91 Å². The van der Waals surface area contributed by atoms with Gasteiger partial charge in [-0.2, -0.15) is 9.78 Å². The summed E-state index contributed by atoms with van der Waals surface area (Å²) in [6, 6.07) is 3.66. The molecule has 0 aliphatic carbocycles. The van der Waals surface area contributed by atoms with Gasteiger partial charge in [-0.25, -0.2) is 0 Å². The van der Waals surface area contributed by atoms with Crippen LogP contribution in [0.4, 0.5) is 0 Å². The van der Waals surface area contributed by atoms with Gasteiger partial charge in [0.25, 0.3) is 5.91 Å². The van der Waals surface area contributed by atoms with Gasteiger partial charge in [-0.3, -0.25) is 14.9 Å². The van der Waals surface area contributed by atoms with Crippen LogP contribution in [0.3, 0.4) is 0 Å². The Balaban J connectivity index is 1.41. The van der Waals surface area contributed by atoms with E-state index < -0.39 is 0 Å². The van der Waals surface area contributed by atoms with Crippen LogP contribution in [0, 0.1) is 0 Å². The lowest BCUT2D eigenvalue weighted by molar-refractivity contribution is 0.0946. The summed E-state index contributed by atoms with van der Waals surface area (Å²) in [5.41, 5.74) is 3.62. The number of carbonyl (C=O) groups is 1. The van der Waals surface area contributed by atoms with E-state index in [4.69, 9.17) is 0 Å². The number of H-pyrrole nitrogens is 1. The van der Waals surface area contributed by atoms with Crippen molar-refractivity contribution in [1.82, 2.24) is 46.0 Å².